The number of nitrogens with zero attached hydrogens (tertiary/aromatic N) is 2. The van der Waals surface area contributed by atoms with Gasteiger partial charge in [0, 0.05) is 38.6 Å². The zero-order valence-corrected chi connectivity index (χ0v) is 17.4. The fourth-order valence-electron chi connectivity index (χ4n) is 5.22. The Kier molecular flexibility index (Phi) is 6.38. The molecule has 3 fully saturated rings. The van der Waals surface area contributed by atoms with Crippen LogP contribution in [0.25, 0.3) is 0 Å². The van der Waals surface area contributed by atoms with E-state index in [1.165, 1.54) is 6.42 Å². The summed E-state index contributed by atoms with van der Waals surface area (Å²) in [5, 5.41) is 3.05. The van der Waals surface area contributed by atoms with Gasteiger partial charge in [-0.3, -0.25) is 14.5 Å². The average Bonchev–Trinajstić information content (AvgIpc) is 2.72. The lowest BCUT2D eigenvalue weighted by Gasteiger charge is -2.52. The van der Waals surface area contributed by atoms with E-state index in [1.807, 2.05) is 24.3 Å². The van der Waals surface area contributed by atoms with Gasteiger partial charge in [0.05, 0.1) is 13.2 Å². The van der Waals surface area contributed by atoms with E-state index in [9.17, 15) is 9.59 Å². The Morgan fingerprint density at radius 1 is 1.21 bits per heavy atom. The molecule has 158 valence electrons. The van der Waals surface area contributed by atoms with Crippen LogP contribution in [0.1, 0.15) is 44.6 Å². The predicted octanol–water partition coefficient (Wildman–Crippen LogP) is 2.42. The number of hydrogen-bond donors (Lipinski definition) is 1. The number of ether oxygens (including phenoxy) is 1. The molecule has 3 heterocycles. The molecule has 4 rings (SSSR count). The van der Waals surface area contributed by atoms with E-state index < -0.39 is 0 Å². The van der Waals surface area contributed by atoms with E-state index >= 15 is 0 Å². The Bertz CT molecular complexity index is 721. The van der Waals surface area contributed by atoms with Crippen molar-refractivity contribution < 1.29 is 14.3 Å². The lowest BCUT2D eigenvalue weighted by molar-refractivity contribution is -0.145. The number of piperidine rings is 3. The van der Waals surface area contributed by atoms with Crippen LogP contribution < -0.4 is 10.1 Å². The largest absolute Gasteiger partial charge is 0.494 e. The molecule has 3 saturated heterocycles. The molecular formula is C23H33N3O3. The number of carbonyl (C=O) groups is 2. The summed E-state index contributed by atoms with van der Waals surface area (Å²) >= 11 is 0. The van der Waals surface area contributed by atoms with Crippen molar-refractivity contribution in [2.24, 2.45) is 11.8 Å². The molecule has 6 nitrogen and oxygen atoms in total. The van der Waals surface area contributed by atoms with Gasteiger partial charge in [-0.25, -0.2) is 0 Å². The van der Waals surface area contributed by atoms with Crippen molar-refractivity contribution in [3.63, 3.8) is 0 Å². The zero-order chi connectivity index (χ0) is 20.2. The van der Waals surface area contributed by atoms with Crippen LogP contribution in [0.4, 0.5) is 0 Å². The molecule has 0 aliphatic carbocycles. The van der Waals surface area contributed by atoms with E-state index in [-0.39, 0.29) is 5.91 Å². The highest BCUT2D eigenvalue weighted by Crippen LogP contribution is 2.37. The Labute approximate surface area is 173 Å². The maximum Gasteiger partial charge on any atom is 0.234 e. The third-order valence-electron chi connectivity index (χ3n) is 6.51. The van der Waals surface area contributed by atoms with Crippen molar-refractivity contribution in [2.75, 3.05) is 32.8 Å². The van der Waals surface area contributed by atoms with Gasteiger partial charge in [0.15, 0.2) is 0 Å². The Morgan fingerprint density at radius 2 is 2.03 bits per heavy atom. The number of amides is 2. The first-order chi connectivity index (χ1) is 14.1. The highest BCUT2D eigenvalue weighted by Gasteiger charge is 2.43. The summed E-state index contributed by atoms with van der Waals surface area (Å²) in [7, 11) is 0. The number of nitrogens with one attached hydrogen (secondary N) is 1. The fraction of sp³-hybridized carbons (Fsp3) is 0.652. The number of benzene rings is 1. The average molecular weight is 400 g/mol. The number of likely N-dealkylation sites (tertiary alicyclic amines) is 1. The molecule has 0 aromatic heterocycles. The molecule has 1 aromatic rings. The molecule has 2 bridgehead atoms. The molecule has 6 heteroatoms. The third-order valence-corrected chi connectivity index (χ3v) is 6.51. The molecular weight excluding hydrogens is 366 g/mol. The second-order valence-corrected chi connectivity index (χ2v) is 8.83. The van der Waals surface area contributed by atoms with Gasteiger partial charge >= 0.3 is 0 Å². The van der Waals surface area contributed by atoms with Crippen LogP contribution in [0.3, 0.4) is 0 Å². The van der Waals surface area contributed by atoms with Crippen molar-refractivity contribution >= 4 is 11.8 Å². The number of rotatable bonds is 7. The number of hydrogen-bond acceptors (Lipinski definition) is 4. The van der Waals surface area contributed by atoms with Crippen molar-refractivity contribution in [1.82, 2.24) is 15.1 Å². The minimum absolute atomic E-state index is 0.0767. The van der Waals surface area contributed by atoms with E-state index in [0.29, 0.717) is 43.3 Å². The first kappa shape index (κ1) is 20.2. The molecule has 1 N–H and O–H groups in total. The first-order valence-corrected chi connectivity index (χ1v) is 11.1. The maximum atomic E-state index is 12.5. The normalized spacial score (nSPS) is 26.7. The summed E-state index contributed by atoms with van der Waals surface area (Å²) in [5.41, 5.74) is 1.08. The molecule has 3 aliphatic rings. The van der Waals surface area contributed by atoms with Crippen LogP contribution in [0.15, 0.2) is 24.3 Å². The van der Waals surface area contributed by atoms with Gasteiger partial charge in [-0.1, -0.05) is 19.1 Å². The maximum absolute atomic E-state index is 12.5. The highest BCUT2D eigenvalue weighted by molar-refractivity contribution is 5.78. The van der Waals surface area contributed by atoms with Crippen LogP contribution in [0, 0.1) is 11.8 Å². The lowest BCUT2D eigenvalue weighted by Crippen LogP contribution is -2.61. The topological polar surface area (TPSA) is 61.9 Å². The van der Waals surface area contributed by atoms with Gasteiger partial charge in [-0.2, -0.15) is 0 Å². The Hall–Kier alpha value is -2.08. The van der Waals surface area contributed by atoms with Gasteiger partial charge in [0.1, 0.15) is 5.75 Å². The molecule has 0 saturated carbocycles. The minimum atomic E-state index is 0.0767. The smallest absolute Gasteiger partial charge is 0.234 e. The van der Waals surface area contributed by atoms with E-state index in [1.54, 1.807) is 0 Å². The summed E-state index contributed by atoms with van der Waals surface area (Å²) in [4.78, 5) is 29.2. The predicted molar refractivity (Wildman–Crippen MR) is 111 cm³/mol. The first-order valence-electron chi connectivity index (χ1n) is 11.1. The highest BCUT2D eigenvalue weighted by atomic mass is 16.5. The lowest BCUT2D eigenvalue weighted by atomic mass is 9.76. The van der Waals surface area contributed by atoms with Crippen molar-refractivity contribution in [1.29, 1.82) is 0 Å². The van der Waals surface area contributed by atoms with Crippen molar-refractivity contribution in [3.05, 3.63) is 29.8 Å². The van der Waals surface area contributed by atoms with Crippen LogP contribution in [0.5, 0.6) is 5.75 Å². The molecule has 1 aromatic carbocycles. The quantitative estimate of drug-likeness (QED) is 0.765. The van der Waals surface area contributed by atoms with E-state index in [0.717, 1.165) is 56.8 Å². The molecule has 0 spiro atoms. The number of fused-ring (bicyclic) bond motifs is 4. The summed E-state index contributed by atoms with van der Waals surface area (Å²) in [6, 6.07) is 8.32. The zero-order valence-electron chi connectivity index (χ0n) is 17.4. The summed E-state index contributed by atoms with van der Waals surface area (Å²) in [6.45, 7) is 6.53. The second-order valence-electron chi connectivity index (χ2n) is 8.83. The van der Waals surface area contributed by atoms with E-state index in [4.69, 9.17) is 4.74 Å². The fourth-order valence-corrected chi connectivity index (χ4v) is 5.22. The van der Waals surface area contributed by atoms with Crippen LogP contribution >= 0.6 is 0 Å². The van der Waals surface area contributed by atoms with Gasteiger partial charge in [0.2, 0.25) is 11.8 Å². The van der Waals surface area contributed by atoms with Crippen LogP contribution in [-0.2, 0) is 16.1 Å². The van der Waals surface area contributed by atoms with Gasteiger partial charge in [0.25, 0.3) is 0 Å². The SMILES string of the molecule is CCCOc1ccc(CNC(=O)CN2C[C@H]3C[C@H](C2)[C@H]2CCCC(=O)N2C3)cc1. The van der Waals surface area contributed by atoms with Gasteiger partial charge < -0.3 is 15.0 Å². The molecule has 0 radical (unpaired) electrons. The molecule has 3 aliphatic heterocycles. The van der Waals surface area contributed by atoms with Gasteiger partial charge in [-0.15, -0.1) is 0 Å². The van der Waals surface area contributed by atoms with Gasteiger partial charge in [-0.05, 0) is 55.2 Å². The molecule has 29 heavy (non-hydrogen) atoms. The summed E-state index contributed by atoms with van der Waals surface area (Å²) < 4.78 is 5.60. The molecule has 0 unspecified atom stereocenters. The van der Waals surface area contributed by atoms with Crippen LogP contribution in [-0.4, -0.2) is 60.4 Å². The summed E-state index contributed by atoms with van der Waals surface area (Å²) in [6.07, 6.45) is 5.06. The molecule has 3 atom stereocenters. The summed E-state index contributed by atoms with van der Waals surface area (Å²) in [5.74, 6) is 2.32. The Balaban J connectivity index is 1.25. The second kappa shape index (κ2) is 9.16. The molecule has 2 amide bonds. The monoisotopic (exact) mass is 399 g/mol. The van der Waals surface area contributed by atoms with Crippen molar-refractivity contribution in [2.45, 2.75) is 51.6 Å². The standard InChI is InChI=1S/C23H33N3O3/c1-2-10-29-20-8-6-17(7-9-20)12-24-22(27)16-25-13-18-11-19(15-25)21-4-3-5-23(28)26(21)14-18/h6-9,18-19,21H,2-5,10-16H2,1H3,(H,24,27)/t18-,19-,21-/m1/s1. The number of carbonyl (C=O) groups excluding carboxylic acids is 2. The van der Waals surface area contributed by atoms with Crippen LogP contribution in [0.2, 0.25) is 0 Å². The van der Waals surface area contributed by atoms with E-state index in [2.05, 4.69) is 22.0 Å². The Morgan fingerprint density at radius 3 is 2.83 bits per heavy atom. The minimum Gasteiger partial charge on any atom is -0.494 e. The third kappa shape index (κ3) is 4.92. The van der Waals surface area contributed by atoms with Crippen molar-refractivity contribution in [3.8, 4) is 5.75 Å².